The normalized spacial score (nSPS) is 23.6. The number of likely N-dealkylation sites (tertiary alicyclic amines) is 1. The van der Waals surface area contributed by atoms with Crippen molar-refractivity contribution < 1.29 is 4.74 Å². The van der Waals surface area contributed by atoms with Gasteiger partial charge in [-0.3, -0.25) is 4.90 Å². The van der Waals surface area contributed by atoms with Crippen molar-refractivity contribution in [2.45, 2.75) is 65.0 Å². The quantitative estimate of drug-likeness (QED) is 0.652. The highest BCUT2D eigenvalue weighted by Gasteiger charge is 2.23. The van der Waals surface area contributed by atoms with Crippen LogP contribution in [0.3, 0.4) is 0 Å². The summed E-state index contributed by atoms with van der Waals surface area (Å²) in [7, 11) is 0. The van der Waals surface area contributed by atoms with Crippen molar-refractivity contribution in [3.8, 4) is 0 Å². The fourth-order valence-electron chi connectivity index (χ4n) is 2.08. The third-order valence-corrected chi connectivity index (χ3v) is 2.96. The van der Waals surface area contributed by atoms with Crippen LogP contribution in [0.15, 0.2) is 0 Å². The molecule has 0 saturated carbocycles. The summed E-state index contributed by atoms with van der Waals surface area (Å²) in [4.78, 5) is 2.51. The molecule has 0 aromatic heterocycles. The maximum absolute atomic E-state index is 5.66. The number of ether oxygens (including phenoxy) is 1. The lowest BCUT2D eigenvalue weighted by atomic mass is 10.1. The van der Waals surface area contributed by atoms with Crippen LogP contribution in [0.2, 0.25) is 0 Å². The van der Waals surface area contributed by atoms with Crippen molar-refractivity contribution in [3.05, 3.63) is 0 Å². The lowest BCUT2D eigenvalue weighted by molar-refractivity contribution is -0.0134. The minimum Gasteiger partial charge on any atom is -0.363 e. The van der Waals surface area contributed by atoms with Crippen LogP contribution in [0.4, 0.5) is 0 Å². The van der Waals surface area contributed by atoms with E-state index in [4.69, 9.17) is 4.74 Å². The molecule has 1 atom stereocenters. The Morgan fingerprint density at radius 2 is 2.21 bits per heavy atom. The summed E-state index contributed by atoms with van der Waals surface area (Å²) in [6, 6.07) is 0.800. The second-order valence-corrected chi connectivity index (χ2v) is 4.60. The van der Waals surface area contributed by atoms with Gasteiger partial charge in [-0.15, -0.1) is 0 Å². The average molecular weight is 199 g/mol. The Bertz CT molecular complexity index is 147. The van der Waals surface area contributed by atoms with E-state index in [-0.39, 0.29) is 0 Å². The maximum Gasteiger partial charge on any atom is 0.0996 e. The van der Waals surface area contributed by atoms with Crippen molar-refractivity contribution >= 4 is 0 Å². The van der Waals surface area contributed by atoms with Gasteiger partial charge in [0.2, 0.25) is 0 Å². The SMILES string of the molecule is CCCCC1CCCN1COC(C)C. The lowest BCUT2D eigenvalue weighted by Crippen LogP contribution is -2.32. The van der Waals surface area contributed by atoms with Gasteiger partial charge in [0, 0.05) is 12.6 Å². The molecule has 0 spiro atoms. The minimum atomic E-state index is 0.363. The monoisotopic (exact) mass is 199 g/mol. The summed E-state index contributed by atoms with van der Waals surface area (Å²) in [5, 5.41) is 0. The van der Waals surface area contributed by atoms with Crippen LogP contribution in [0, 0.1) is 0 Å². The molecule has 1 unspecified atom stereocenters. The van der Waals surface area contributed by atoms with Crippen LogP contribution < -0.4 is 0 Å². The lowest BCUT2D eigenvalue weighted by Gasteiger charge is -2.25. The summed E-state index contributed by atoms with van der Waals surface area (Å²) in [6.07, 6.45) is 7.13. The van der Waals surface area contributed by atoms with Crippen LogP contribution in [-0.2, 0) is 4.74 Å². The summed E-state index contributed by atoms with van der Waals surface area (Å²) in [5.74, 6) is 0. The first-order valence-corrected chi connectivity index (χ1v) is 6.09. The zero-order valence-corrected chi connectivity index (χ0v) is 9.96. The van der Waals surface area contributed by atoms with Crippen molar-refractivity contribution in [3.63, 3.8) is 0 Å². The molecule has 0 bridgehead atoms. The molecular weight excluding hydrogens is 174 g/mol. The van der Waals surface area contributed by atoms with Gasteiger partial charge in [-0.25, -0.2) is 0 Å². The molecule has 14 heavy (non-hydrogen) atoms. The third kappa shape index (κ3) is 3.97. The number of unbranched alkanes of at least 4 members (excludes halogenated alkanes) is 1. The standard InChI is InChI=1S/C12H25NO/c1-4-5-7-12-8-6-9-13(12)10-14-11(2)3/h11-12H,4-10H2,1-3H3. The molecule has 0 radical (unpaired) electrons. The van der Waals surface area contributed by atoms with Crippen molar-refractivity contribution in [2.75, 3.05) is 13.3 Å². The minimum absolute atomic E-state index is 0.363. The molecule has 1 saturated heterocycles. The molecule has 0 aromatic carbocycles. The second-order valence-electron chi connectivity index (χ2n) is 4.60. The summed E-state index contributed by atoms with van der Waals surface area (Å²) < 4.78 is 5.66. The Balaban J connectivity index is 2.21. The molecule has 0 aromatic rings. The smallest absolute Gasteiger partial charge is 0.0996 e. The Morgan fingerprint density at radius 1 is 1.43 bits per heavy atom. The van der Waals surface area contributed by atoms with Crippen LogP contribution in [0.25, 0.3) is 0 Å². The van der Waals surface area contributed by atoms with Gasteiger partial charge in [-0.1, -0.05) is 19.8 Å². The summed E-state index contributed by atoms with van der Waals surface area (Å²) in [5.41, 5.74) is 0. The molecule has 0 N–H and O–H groups in total. The van der Waals surface area contributed by atoms with Gasteiger partial charge in [-0.2, -0.15) is 0 Å². The molecule has 2 heteroatoms. The predicted octanol–water partition coefficient (Wildman–Crippen LogP) is 3.02. The van der Waals surface area contributed by atoms with Gasteiger partial charge < -0.3 is 4.74 Å². The predicted molar refractivity (Wildman–Crippen MR) is 60.3 cm³/mol. The number of rotatable bonds is 6. The van der Waals surface area contributed by atoms with Crippen LogP contribution in [0.5, 0.6) is 0 Å². The average Bonchev–Trinajstić information content (AvgIpc) is 2.58. The van der Waals surface area contributed by atoms with E-state index < -0.39 is 0 Å². The van der Waals surface area contributed by atoms with E-state index in [0.717, 1.165) is 12.8 Å². The van der Waals surface area contributed by atoms with Crippen LogP contribution in [-0.4, -0.2) is 30.3 Å². The molecule has 1 rings (SSSR count). The topological polar surface area (TPSA) is 12.5 Å². The first-order valence-electron chi connectivity index (χ1n) is 6.09. The summed E-state index contributed by atoms with van der Waals surface area (Å²) in [6.45, 7) is 8.56. The highest BCUT2D eigenvalue weighted by molar-refractivity contribution is 4.77. The Hall–Kier alpha value is -0.0800. The van der Waals surface area contributed by atoms with Gasteiger partial charge >= 0.3 is 0 Å². The molecule has 1 aliphatic heterocycles. The van der Waals surface area contributed by atoms with Crippen molar-refractivity contribution in [1.82, 2.24) is 4.90 Å². The van der Waals surface area contributed by atoms with E-state index in [0.29, 0.717) is 6.10 Å². The van der Waals surface area contributed by atoms with Crippen molar-refractivity contribution in [1.29, 1.82) is 0 Å². The molecule has 0 aliphatic carbocycles. The highest BCUT2D eigenvalue weighted by atomic mass is 16.5. The van der Waals surface area contributed by atoms with Crippen LogP contribution >= 0.6 is 0 Å². The van der Waals surface area contributed by atoms with E-state index in [1.165, 1.54) is 38.6 Å². The first kappa shape index (κ1) is 12.0. The third-order valence-electron chi connectivity index (χ3n) is 2.96. The molecule has 84 valence electrons. The highest BCUT2D eigenvalue weighted by Crippen LogP contribution is 2.21. The second kappa shape index (κ2) is 6.41. The molecule has 2 nitrogen and oxygen atoms in total. The molecule has 0 amide bonds. The van der Waals surface area contributed by atoms with Crippen molar-refractivity contribution in [2.24, 2.45) is 0 Å². The zero-order valence-electron chi connectivity index (χ0n) is 9.96. The van der Waals surface area contributed by atoms with Crippen LogP contribution in [0.1, 0.15) is 52.9 Å². The van der Waals surface area contributed by atoms with E-state index in [1.54, 1.807) is 0 Å². The largest absolute Gasteiger partial charge is 0.363 e. The Morgan fingerprint density at radius 3 is 2.86 bits per heavy atom. The molecule has 1 fully saturated rings. The Kier molecular flexibility index (Phi) is 5.49. The zero-order chi connectivity index (χ0) is 10.4. The maximum atomic E-state index is 5.66. The summed E-state index contributed by atoms with van der Waals surface area (Å²) >= 11 is 0. The molecule has 1 heterocycles. The fraction of sp³-hybridized carbons (Fsp3) is 1.00. The van der Waals surface area contributed by atoms with Gasteiger partial charge in [0.15, 0.2) is 0 Å². The van der Waals surface area contributed by atoms with E-state index in [9.17, 15) is 0 Å². The van der Waals surface area contributed by atoms with Gasteiger partial charge in [0.1, 0.15) is 0 Å². The number of nitrogens with zero attached hydrogens (tertiary/aromatic N) is 1. The van der Waals surface area contributed by atoms with Gasteiger partial charge in [0.05, 0.1) is 12.8 Å². The van der Waals surface area contributed by atoms with E-state index >= 15 is 0 Å². The molecular formula is C12H25NO. The first-order chi connectivity index (χ1) is 6.74. The van der Waals surface area contributed by atoms with E-state index in [1.807, 2.05) is 0 Å². The Labute approximate surface area is 88.6 Å². The fourth-order valence-corrected chi connectivity index (χ4v) is 2.08. The number of hydrogen-bond donors (Lipinski definition) is 0. The van der Waals surface area contributed by atoms with Gasteiger partial charge in [-0.05, 0) is 33.1 Å². The number of hydrogen-bond acceptors (Lipinski definition) is 2. The van der Waals surface area contributed by atoms with E-state index in [2.05, 4.69) is 25.7 Å². The van der Waals surface area contributed by atoms with Gasteiger partial charge in [0.25, 0.3) is 0 Å². The molecule has 1 aliphatic rings.